The lowest BCUT2D eigenvalue weighted by Crippen LogP contribution is -2.07. The number of thiophene rings is 2. The highest BCUT2D eigenvalue weighted by atomic mass is 79.9. The van der Waals surface area contributed by atoms with E-state index in [2.05, 4.69) is 46.4 Å². The standard InChI is InChI=1S/C10H10BrNS2/c1-6-2-3-8(14-6)10(12)9-4-7(11)5-13-9/h2-5,10H,12H2,1H3. The van der Waals surface area contributed by atoms with Gasteiger partial charge in [0.05, 0.1) is 6.04 Å². The van der Waals surface area contributed by atoms with Crippen LogP contribution in [0.15, 0.2) is 28.1 Å². The van der Waals surface area contributed by atoms with E-state index in [0.717, 1.165) is 4.47 Å². The maximum Gasteiger partial charge on any atom is 0.0740 e. The van der Waals surface area contributed by atoms with Crippen LogP contribution in [-0.4, -0.2) is 0 Å². The van der Waals surface area contributed by atoms with Gasteiger partial charge in [0.2, 0.25) is 0 Å². The van der Waals surface area contributed by atoms with E-state index in [9.17, 15) is 0 Å². The quantitative estimate of drug-likeness (QED) is 0.890. The fourth-order valence-corrected chi connectivity index (χ4v) is 3.69. The van der Waals surface area contributed by atoms with E-state index >= 15 is 0 Å². The Morgan fingerprint density at radius 1 is 1.36 bits per heavy atom. The largest absolute Gasteiger partial charge is 0.319 e. The van der Waals surface area contributed by atoms with E-state index < -0.39 is 0 Å². The second-order valence-corrected chi connectivity index (χ2v) is 6.27. The van der Waals surface area contributed by atoms with Crippen LogP contribution in [0.1, 0.15) is 20.7 Å². The fourth-order valence-electron chi connectivity index (χ4n) is 1.25. The molecule has 1 atom stereocenters. The molecule has 2 aromatic rings. The Bertz CT molecular complexity index is 393. The van der Waals surface area contributed by atoms with E-state index in [1.165, 1.54) is 14.6 Å². The lowest BCUT2D eigenvalue weighted by molar-refractivity contribution is 0.917. The number of rotatable bonds is 2. The molecule has 0 fully saturated rings. The lowest BCUT2D eigenvalue weighted by Gasteiger charge is -2.05. The Kier molecular flexibility index (Phi) is 3.07. The molecule has 1 nitrogen and oxygen atoms in total. The molecule has 0 bridgehead atoms. The number of halogens is 1. The van der Waals surface area contributed by atoms with Gasteiger partial charge < -0.3 is 5.73 Å². The molecular formula is C10H10BrNS2. The number of hydrogen-bond donors (Lipinski definition) is 1. The molecule has 0 aliphatic heterocycles. The molecule has 2 heterocycles. The molecule has 0 aliphatic rings. The van der Waals surface area contributed by atoms with Gasteiger partial charge in [-0.15, -0.1) is 22.7 Å². The topological polar surface area (TPSA) is 26.0 Å². The number of aryl methyl sites for hydroxylation is 1. The smallest absolute Gasteiger partial charge is 0.0740 e. The Morgan fingerprint density at radius 2 is 2.14 bits per heavy atom. The Morgan fingerprint density at radius 3 is 2.64 bits per heavy atom. The number of hydrogen-bond acceptors (Lipinski definition) is 3. The van der Waals surface area contributed by atoms with E-state index in [0.29, 0.717) is 0 Å². The van der Waals surface area contributed by atoms with Crippen molar-refractivity contribution < 1.29 is 0 Å². The van der Waals surface area contributed by atoms with Crippen LogP contribution in [0.2, 0.25) is 0 Å². The minimum atomic E-state index is 0.0324. The Labute approximate surface area is 99.7 Å². The maximum atomic E-state index is 6.14. The first kappa shape index (κ1) is 10.4. The van der Waals surface area contributed by atoms with Crippen LogP contribution in [0.4, 0.5) is 0 Å². The van der Waals surface area contributed by atoms with Gasteiger partial charge in [0, 0.05) is 24.5 Å². The normalized spacial score (nSPS) is 13.1. The molecule has 0 radical (unpaired) electrons. The van der Waals surface area contributed by atoms with Gasteiger partial charge in [-0.1, -0.05) is 0 Å². The predicted octanol–water partition coefficient (Wildman–Crippen LogP) is 3.93. The van der Waals surface area contributed by atoms with Gasteiger partial charge in [-0.05, 0) is 41.1 Å². The fraction of sp³-hybridized carbons (Fsp3) is 0.200. The third-order valence-corrected chi connectivity index (χ3v) is 4.82. The molecule has 0 saturated heterocycles. The Balaban J connectivity index is 2.28. The molecule has 0 spiro atoms. The van der Waals surface area contributed by atoms with Crippen molar-refractivity contribution in [2.45, 2.75) is 13.0 Å². The molecule has 2 N–H and O–H groups in total. The molecule has 1 unspecified atom stereocenters. The van der Waals surface area contributed by atoms with Crippen LogP contribution >= 0.6 is 38.6 Å². The van der Waals surface area contributed by atoms with Crippen molar-refractivity contribution in [3.05, 3.63) is 42.7 Å². The summed E-state index contributed by atoms with van der Waals surface area (Å²) in [6, 6.07) is 6.34. The van der Waals surface area contributed by atoms with Gasteiger partial charge in [0.15, 0.2) is 0 Å². The van der Waals surface area contributed by atoms with Gasteiger partial charge in [-0.2, -0.15) is 0 Å². The van der Waals surface area contributed by atoms with Crippen LogP contribution < -0.4 is 5.73 Å². The summed E-state index contributed by atoms with van der Waals surface area (Å²) in [4.78, 5) is 3.75. The van der Waals surface area contributed by atoms with Crippen LogP contribution in [0.5, 0.6) is 0 Å². The molecule has 74 valence electrons. The van der Waals surface area contributed by atoms with Crippen molar-refractivity contribution in [1.29, 1.82) is 0 Å². The van der Waals surface area contributed by atoms with E-state index in [4.69, 9.17) is 5.73 Å². The summed E-state index contributed by atoms with van der Waals surface area (Å²) >= 11 is 6.90. The van der Waals surface area contributed by atoms with Gasteiger partial charge in [-0.25, -0.2) is 0 Å². The molecule has 4 heteroatoms. The van der Waals surface area contributed by atoms with Gasteiger partial charge in [0.1, 0.15) is 0 Å². The monoisotopic (exact) mass is 287 g/mol. The first-order valence-corrected chi connectivity index (χ1v) is 6.71. The summed E-state index contributed by atoms with van der Waals surface area (Å²) in [5.41, 5.74) is 6.14. The summed E-state index contributed by atoms with van der Waals surface area (Å²) in [6.07, 6.45) is 0. The summed E-state index contributed by atoms with van der Waals surface area (Å²) in [5, 5.41) is 2.07. The summed E-state index contributed by atoms with van der Waals surface area (Å²) < 4.78 is 1.11. The minimum Gasteiger partial charge on any atom is -0.319 e. The first-order chi connectivity index (χ1) is 6.66. The maximum absolute atomic E-state index is 6.14. The highest BCUT2D eigenvalue weighted by molar-refractivity contribution is 9.10. The first-order valence-electron chi connectivity index (χ1n) is 4.22. The van der Waals surface area contributed by atoms with E-state index in [-0.39, 0.29) is 6.04 Å². The summed E-state index contributed by atoms with van der Waals surface area (Å²) in [5.74, 6) is 0. The van der Waals surface area contributed by atoms with Crippen LogP contribution in [0, 0.1) is 6.92 Å². The zero-order valence-electron chi connectivity index (χ0n) is 7.66. The van der Waals surface area contributed by atoms with Crippen molar-refractivity contribution in [2.75, 3.05) is 0 Å². The highest BCUT2D eigenvalue weighted by Crippen LogP contribution is 2.31. The Hall–Kier alpha value is -0.160. The SMILES string of the molecule is Cc1ccc(C(N)c2cc(Br)cs2)s1. The van der Waals surface area contributed by atoms with Crippen molar-refractivity contribution >= 4 is 38.6 Å². The second-order valence-electron chi connectivity index (χ2n) is 3.09. The molecule has 0 amide bonds. The number of nitrogens with two attached hydrogens (primary N) is 1. The van der Waals surface area contributed by atoms with Crippen molar-refractivity contribution in [3.63, 3.8) is 0 Å². The molecule has 2 aromatic heterocycles. The van der Waals surface area contributed by atoms with E-state index in [1.807, 2.05) is 0 Å². The predicted molar refractivity (Wildman–Crippen MR) is 67.1 cm³/mol. The summed E-state index contributed by atoms with van der Waals surface area (Å²) in [7, 11) is 0. The van der Waals surface area contributed by atoms with Crippen LogP contribution in [-0.2, 0) is 0 Å². The molecule has 0 aromatic carbocycles. The van der Waals surface area contributed by atoms with Gasteiger partial charge in [0.25, 0.3) is 0 Å². The zero-order valence-corrected chi connectivity index (χ0v) is 10.9. The lowest BCUT2D eigenvalue weighted by atomic mass is 10.2. The third kappa shape index (κ3) is 2.08. The zero-order chi connectivity index (χ0) is 10.1. The molecule has 14 heavy (non-hydrogen) atoms. The molecule has 2 rings (SSSR count). The average molecular weight is 288 g/mol. The molecular weight excluding hydrogens is 278 g/mol. The molecule has 0 saturated carbocycles. The average Bonchev–Trinajstić information content (AvgIpc) is 2.73. The van der Waals surface area contributed by atoms with E-state index in [1.54, 1.807) is 22.7 Å². The molecule has 0 aliphatic carbocycles. The minimum absolute atomic E-state index is 0.0324. The van der Waals surface area contributed by atoms with Crippen molar-refractivity contribution in [1.82, 2.24) is 0 Å². The van der Waals surface area contributed by atoms with Gasteiger partial charge >= 0.3 is 0 Å². The van der Waals surface area contributed by atoms with Crippen LogP contribution in [0.3, 0.4) is 0 Å². The van der Waals surface area contributed by atoms with Crippen molar-refractivity contribution in [2.24, 2.45) is 5.73 Å². The summed E-state index contributed by atoms with van der Waals surface area (Å²) in [6.45, 7) is 2.10. The third-order valence-electron chi connectivity index (χ3n) is 1.96. The van der Waals surface area contributed by atoms with Crippen molar-refractivity contribution in [3.8, 4) is 0 Å². The van der Waals surface area contributed by atoms with Gasteiger partial charge in [-0.3, -0.25) is 0 Å². The van der Waals surface area contributed by atoms with Crippen LogP contribution in [0.25, 0.3) is 0 Å². The highest BCUT2D eigenvalue weighted by Gasteiger charge is 2.12. The second kappa shape index (κ2) is 4.14.